The van der Waals surface area contributed by atoms with Gasteiger partial charge in [-0.2, -0.15) is 0 Å². The van der Waals surface area contributed by atoms with Crippen LogP contribution >= 0.6 is 12.4 Å². The summed E-state index contributed by atoms with van der Waals surface area (Å²) in [5, 5.41) is 11.8. The molecular formula is C11H17ClN2O3. The number of nitrogens with two attached hydrogens (primary N) is 1. The molecule has 1 amide bonds. The first-order valence-corrected chi connectivity index (χ1v) is 5.03. The molecule has 1 aromatic carbocycles. The largest absolute Gasteiger partial charge is 0.491 e. The second-order valence-electron chi connectivity index (χ2n) is 3.34. The van der Waals surface area contributed by atoms with Crippen LogP contribution in [0.1, 0.15) is 5.56 Å². The molecule has 0 heterocycles. The van der Waals surface area contributed by atoms with E-state index in [4.69, 9.17) is 10.5 Å². The summed E-state index contributed by atoms with van der Waals surface area (Å²) in [6.07, 6.45) is 0.0126. The van der Waals surface area contributed by atoms with Gasteiger partial charge in [-0.1, -0.05) is 12.1 Å². The molecule has 0 spiro atoms. The Bertz CT molecular complexity index is 319. The van der Waals surface area contributed by atoms with E-state index in [9.17, 15) is 9.90 Å². The standard InChI is InChI=1S/C11H16N2O3.ClH/c12-5-10(15)7-16-11-3-1-9(2-4-11)6-13-8-14;/h1-4,8,10,15H,5-7,12H2,(H,13,14);1H. The van der Waals surface area contributed by atoms with Crippen LogP contribution in [0.15, 0.2) is 24.3 Å². The molecule has 1 unspecified atom stereocenters. The second kappa shape index (κ2) is 8.81. The molecule has 5 nitrogen and oxygen atoms in total. The number of ether oxygens (including phenoxy) is 1. The number of benzene rings is 1. The molecule has 1 aromatic rings. The fraction of sp³-hybridized carbons (Fsp3) is 0.364. The lowest BCUT2D eigenvalue weighted by molar-refractivity contribution is -0.109. The maximum Gasteiger partial charge on any atom is 0.207 e. The topological polar surface area (TPSA) is 84.6 Å². The third-order valence-electron chi connectivity index (χ3n) is 2.03. The van der Waals surface area contributed by atoms with Gasteiger partial charge in [-0.15, -0.1) is 12.4 Å². The zero-order valence-corrected chi connectivity index (χ0v) is 10.2. The van der Waals surface area contributed by atoms with Crippen molar-refractivity contribution >= 4 is 18.8 Å². The van der Waals surface area contributed by atoms with Gasteiger partial charge in [0.05, 0.1) is 0 Å². The predicted molar refractivity (Wildman–Crippen MR) is 67.1 cm³/mol. The lowest BCUT2D eigenvalue weighted by Crippen LogP contribution is -2.26. The Labute approximate surface area is 106 Å². The van der Waals surface area contributed by atoms with Crippen molar-refractivity contribution in [2.24, 2.45) is 5.73 Å². The van der Waals surface area contributed by atoms with E-state index >= 15 is 0 Å². The van der Waals surface area contributed by atoms with Gasteiger partial charge in [-0.25, -0.2) is 0 Å². The maximum atomic E-state index is 10.1. The van der Waals surface area contributed by atoms with Gasteiger partial charge in [0.1, 0.15) is 18.5 Å². The summed E-state index contributed by atoms with van der Waals surface area (Å²) >= 11 is 0. The molecule has 0 aromatic heterocycles. The Morgan fingerprint density at radius 2 is 2.06 bits per heavy atom. The van der Waals surface area contributed by atoms with Crippen LogP contribution in [0.25, 0.3) is 0 Å². The molecule has 96 valence electrons. The van der Waals surface area contributed by atoms with Gasteiger partial charge >= 0.3 is 0 Å². The van der Waals surface area contributed by atoms with Crippen molar-refractivity contribution in [3.63, 3.8) is 0 Å². The minimum atomic E-state index is -0.642. The smallest absolute Gasteiger partial charge is 0.207 e. The monoisotopic (exact) mass is 260 g/mol. The van der Waals surface area contributed by atoms with Gasteiger partial charge in [-0.3, -0.25) is 4.79 Å². The molecule has 0 saturated carbocycles. The molecule has 17 heavy (non-hydrogen) atoms. The normalized spacial score (nSPS) is 11.2. The van der Waals surface area contributed by atoms with E-state index in [1.165, 1.54) is 0 Å². The van der Waals surface area contributed by atoms with Crippen LogP contribution in [0, 0.1) is 0 Å². The van der Waals surface area contributed by atoms with E-state index in [0.29, 0.717) is 18.7 Å². The summed E-state index contributed by atoms with van der Waals surface area (Å²) in [4.78, 5) is 10.1. The van der Waals surface area contributed by atoms with Crippen molar-refractivity contribution in [2.75, 3.05) is 13.2 Å². The molecule has 0 bridgehead atoms. The maximum absolute atomic E-state index is 10.1. The molecule has 0 aliphatic rings. The van der Waals surface area contributed by atoms with Crippen molar-refractivity contribution in [3.05, 3.63) is 29.8 Å². The van der Waals surface area contributed by atoms with Crippen LogP contribution in [0.4, 0.5) is 0 Å². The zero-order chi connectivity index (χ0) is 11.8. The van der Waals surface area contributed by atoms with Gasteiger partial charge in [-0.05, 0) is 17.7 Å². The van der Waals surface area contributed by atoms with E-state index in [-0.39, 0.29) is 25.6 Å². The van der Waals surface area contributed by atoms with Gasteiger partial charge in [0, 0.05) is 13.1 Å². The summed E-state index contributed by atoms with van der Waals surface area (Å²) in [5.74, 6) is 0.669. The zero-order valence-electron chi connectivity index (χ0n) is 9.33. The third kappa shape index (κ3) is 6.11. The van der Waals surface area contributed by atoms with Crippen LogP contribution in [-0.2, 0) is 11.3 Å². The van der Waals surface area contributed by atoms with Crippen molar-refractivity contribution in [2.45, 2.75) is 12.6 Å². The van der Waals surface area contributed by atoms with Crippen molar-refractivity contribution < 1.29 is 14.6 Å². The number of hydrogen-bond donors (Lipinski definition) is 3. The highest BCUT2D eigenvalue weighted by atomic mass is 35.5. The minimum Gasteiger partial charge on any atom is -0.491 e. The molecule has 1 rings (SSSR count). The number of aliphatic hydroxyl groups excluding tert-OH is 1. The Morgan fingerprint density at radius 1 is 1.41 bits per heavy atom. The number of amides is 1. The molecule has 6 heteroatoms. The molecule has 1 atom stereocenters. The van der Waals surface area contributed by atoms with E-state index in [2.05, 4.69) is 5.32 Å². The summed E-state index contributed by atoms with van der Waals surface area (Å²) < 4.78 is 5.30. The number of carbonyl (C=O) groups excluding carboxylic acids is 1. The van der Waals surface area contributed by atoms with Crippen LogP contribution in [0.3, 0.4) is 0 Å². The Hall–Kier alpha value is -1.30. The quantitative estimate of drug-likeness (QED) is 0.605. The number of aliphatic hydroxyl groups is 1. The van der Waals surface area contributed by atoms with E-state index in [1.807, 2.05) is 12.1 Å². The SMILES string of the molecule is Cl.NCC(O)COc1ccc(CNC=O)cc1. The van der Waals surface area contributed by atoms with Crippen LogP contribution in [-0.4, -0.2) is 30.8 Å². The molecule has 0 aliphatic heterocycles. The number of rotatable bonds is 7. The molecule has 0 saturated heterocycles. The molecule has 0 fully saturated rings. The first kappa shape index (κ1) is 15.7. The van der Waals surface area contributed by atoms with Crippen molar-refractivity contribution in [1.29, 1.82) is 0 Å². The van der Waals surface area contributed by atoms with E-state index in [0.717, 1.165) is 5.56 Å². The highest BCUT2D eigenvalue weighted by Crippen LogP contribution is 2.12. The Morgan fingerprint density at radius 3 is 2.59 bits per heavy atom. The molecule has 0 aliphatic carbocycles. The lowest BCUT2D eigenvalue weighted by Gasteiger charge is -2.10. The Kier molecular flexibility index (Phi) is 8.13. The first-order chi connectivity index (χ1) is 7.76. The fourth-order valence-electron chi connectivity index (χ4n) is 1.12. The highest BCUT2D eigenvalue weighted by Gasteiger charge is 2.01. The average molecular weight is 261 g/mol. The van der Waals surface area contributed by atoms with Crippen LogP contribution in [0.5, 0.6) is 5.75 Å². The van der Waals surface area contributed by atoms with E-state index < -0.39 is 6.10 Å². The van der Waals surface area contributed by atoms with Gasteiger partial charge < -0.3 is 20.9 Å². The summed E-state index contributed by atoms with van der Waals surface area (Å²) in [6.45, 7) is 0.860. The average Bonchev–Trinajstić information content (AvgIpc) is 2.34. The number of hydrogen-bond acceptors (Lipinski definition) is 4. The van der Waals surface area contributed by atoms with Crippen LogP contribution in [0.2, 0.25) is 0 Å². The summed E-state index contributed by atoms with van der Waals surface area (Å²) in [7, 11) is 0. The van der Waals surface area contributed by atoms with E-state index in [1.54, 1.807) is 12.1 Å². The van der Waals surface area contributed by atoms with Gasteiger partial charge in [0.2, 0.25) is 6.41 Å². The first-order valence-electron chi connectivity index (χ1n) is 5.03. The molecule has 0 radical (unpaired) electrons. The number of carbonyl (C=O) groups is 1. The third-order valence-corrected chi connectivity index (χ3v) is 2.03. The van der Waals surface area contributed by atoms with Gasteiger partial charge in [0.25, 0.3) is 0 Å². The molecule has 4 N–H and O–H groups in total. The summed E-state index contributed by atoms with van der Waals surface area (Å²) in [5.41, 5.74) is 6.23. The fourth-order valence-corrected chi connectivity index (χ4v) is 1.12. The minimum absolute atomic E-state index is 0. The van der Waals surface area contributed by atoms with Crippen LogP contribution < -0.4 is 15.8 Å². The Balaban J connectivity index is 0.00000256. The lowest BCUT2D eigenvalue weighted by atomic mass is 10.2. The van der Waals surface area contributed by atoms with Crippen molar-refractivity contribution in [3.8, 4) is 5.75 Å². The van der Waals surface area contributed by atoms with Gasteiger partial charge in [0.15, 0.2) is 0 Å². The van der Waals surface area contributed by atoms with Crippen molar-refractivity contribution in [1.82, 2.24) is 5.32 Å². The highest BCUT2D eigenvalue weighted by molar-refractivity contribution is 5.85. The molecular weight excluding hydrogens is 244 g/mol. The predicted octanol–water partition coefficient (Wildman–Crippen LogP) is 0.0528. The summed E-state index contributed by atoms with van der Waals surface area (Å²) in [6, 6.07) is 7.26. The number of nitrogens with one attached hydrogen (secondary N) is 1. The number of halogens is 1. The second-order valence-corrected chi connectivity index (χ2v) is 3.34.